The summed E-state index contributed by atoms with van der Waals surface area (Å²) in [6.07, 6.45) is -10.1. The summed E-state index contributed by atoms with van der Waals surface area (Å²) in [6, 6.07) is 4.92. The molecule has 1 aromatic carbocycles. The largest absolute Gasteiger partial charge is 0.416 e. The van der Waals surface area contributed by atoms with E-state index in [0.29, 0.717) is 23.5 Å². The maximum atomic E-state index is 13.4. The van der Waals surface area contributed by atoms with Crippen molar-refractivity contribution in [1.29, 1.82) is 0 Å². The van der Waals surface area contributed by atoms with Crippen molar-refractivity contribution in [2.24, 2.45) is 0 Å². The fourth-order valence-corrected chi connectivity index (χ4v) is 6.15. The normalized spacial score (nSPS) is 22.2. The van der Waals surface area contributed by atoms with Crippen molar-refractivity contribution in [2.75, 3.05) is 19.5 Å². The highest BCUT2D eigenvalue weighted by molar-refractivity contribution is 7.99. The summed E-state index contributed by atoms with van der Waals surface area (Å²) in [5.74, 6) is -1.16. The molecule has 1 aliphatic heterocycles. The highest BCUT2D eigenvalue weighted by Gasteiger charge is 2.46. The van der Waals surface area contributed by atoms with E-state index in [1.165, 1.54) is 24.8 Å². The number of nitrogens with zero attached hydrogens (tertiary/aromatic N) is 2. The third-order valence-corrected chi connectivity index (χ3v) is 8.95. The zero-order valence-electron chi connectivity index (χ0n) is 18.1. The first-order valence-electron chi connectivity index (χ1n) is 9.96. The molecular formula is C20H22F6N2O4S2. The zero-order chi connectivity index (χ0) is 25.4. The minimum absolute atomic E-state index is 0.0240. The maximum Gasteiger partial charge on any atom is 0.416 e. The minimum atomic E-state index is -4.71. The van der Waals surface area contributed by atoms with Gasteiger partial charge >= 0.3 is 12.4 Å². The Balaban J connectivity index is 1.91. The summed E-state index contributed by atoms with van der Waals surface area (Å²) in [6.45, 7) is 1.29. The summed E-state index contributed by atoms with van der Waals surface area (Å²) < 4.78 is 115. The van der Waals surface area contributed by atoms with Gasteiger partial charge < -0.3 is 9.47 Å². The van der Waals surface area contributed by atoms with E-state index in [1.807, 2.05) is 0 Å². The van der Waals surface area contributed by atoms with E-state index in [4.69, 9.17) is 9.47 Å². The molecule has 34 heavy (non-hydrogen) atoms. The molecule has 0 amide bonds. The Bertz CT molecular complexity index is 1120. The Morgan fingerprint density at radius 2 is 1.94 bits per heavy atom. The Labute approximate surface area is 196 Å². The summed E-state index contributed by atoms with van der Waals surface area (Å²) in [7, 11) is -2.87. The molecule has 0 radical (unpaired) electrons. The van der Waals surface area contributed by atoms with Gasteiger partial charge in [0.05, 0.1) is 26.7 Å². The number of hydrogen-bond donors (Lipinski definition) is 0. The molecule has 1 aromatic heterocycles. The van der Waals surface area contributed by atoms with Crippen molar-refractivity contribution < 1.29 is 44.2 Å². The molecule has 1 aliphatic rings. The van der Waals surface area contributed by atoms with E-state index >= 15 is 0 Å². The second kappa shape index (κ2) is 9.70. The molecule has 1 saturated heterocycles. The number of rotatable bonds is 7. The smallest absolute Gasteiger partial charge is 0.372 e. The number of alkyl halides is 6. The van der Waals surface area contributed by atoms with Crippen LogP contribution in [0.1, 0.15) is 37.1 Å². The molecule has 0 spiro atoms. The molecular weight excluding hydrogens is 510 g/mol. The van der Waals surface area contributed by atoms with Crippen LogP contribution in [0.15, 0.2) is 40.3 Å². The lowest BCUT2D eigenvalue weighted by Gasteiger charge is -2.37. The van der Waals surface area contributed by atoms with Crippen LogP contribution in [-0.4, -0.2) is 48.6 Å². The topological polar surface area (TPSA) is 70.4 Å². The van der Waals surface area contributed by atoms with Crippen molar-refractivity contribution >= 4 is 21.6 Å². The summed E-state index contributed by atoms with van der Waals surface area (Å²) in [5, 5.41) is 4.14. The molecule has 2 heterocycles. The quantitative estimate of drug-likeness (QED) is 0.359. The van der Waals surface area contributed by atoms with Gasteiger partial charge in [0, 0.05) is 13.7 Å². The van der Waals surface area contributed by atoms with Crippen LogP contribution in [0.2, 0.25) is 0 Å². The third-order valence-electron chi connectivity index (χ3n) is 5.44. The Morgan fingerprint density at radius 1 is 1.24 bits per heavy atom. The number of thioether (sulfide) groups is 1. The van der Waals surface area contributed by atoms with E-state index < -0.39 is 49.3 Å². The number of sulfone groups is 1. The first kappa shape index (κ1) is 26.8. The lowest BCUT2D eigenvalue weighted by molar-refractivity contribution is -0.137. The minimum Gasteiger partial charge on any atom is -0.372 e. The number of benzene rings is 1. The zero-order valence-corrected chi connectivity index (χ0v) is 19.7. The second-order valence-corrected chi connectivity index (χ2v) is 11.5. The van der Waals surface area contributed by atoms with E-state index in [1.54, 1.807) is 0 Å². The summed E-state index contributed by atoms with van der Waals surface area (Å²) in [5.41, 5.74) is -0.762. The van der Waals surface area contributed by atoms with Gasteiger partial charge in [0.1, 0.15) is 17.9 Å². The van der Waals surface area contributed by atoms with Crippen LogP contribution in [0.4, 0.5) is 26.3 Å². The molecule has 190 valence electrons. The van der Waals surface area contributed by atoms with Gasteiger partial charge in [-0.05, 0) is 44.0 Å². The van der Waals surface area contributed by atoms with Gasteiger partial charge in [0.15, 0.2) is 9.84 Å². The van der Waals surface area contributed by atoms with Gasteiger partial charge in [0.25, 0.3) is 0 Å². The van der Waals surface area contributed by atoms with Crippen LogP contribution >= 0.6 is 11.8 Å². The predicted octanol–water partition coefficient (Wildman–Crippen LogP) is 5.24. The van der Waals surface area contributed by atoms with Crippen LogP contribution in [-0.2, 0) is 32.2 Å². The van der Waals surface area contributed by atoms with E-state index in [9.17, 15) is 34.8 Å². The fourth-order valence-electron chi connectivity index (χ4n) is 3.65. The first-order valence-corrected chi connectivity index (χ1v) is 12.4. The summed E-state index contributed by atoms with van der Waals surface area (Å²) in [4.78, 5) is -0.461. The van der Waals surface area contributed by atoms with Gasteiger partial charge in [-0.15, -0.1) is 0 Å². The number of halogens is 6. The van der Waals surface area contributed by atoms with Gasteiger partial charge in [-0.2, -0.15) is 31.4 Å². The van der Waals surface area contributed by atoms with Crippen molar-refractivity contribution in [3.05, 3.63) is 41.6 Å². The molecule has 0 saturated carbocycles. The molecule has 2 aromatic rings. The van der Waals surface area contributed by atoms with Crippen LogP contribution in [0.3, 0.4) is 0 Å². The Kier molecular flexibility index (Phi) is 7.66. The second-order valence-electron chi connectivity index (χ2n) is 8.02. The highest BCUT2D eigenvalue weighted by Crippen LogP contribution is 2.43. The first-order chi connectivity index (χ1) is 15.7. The SMILES string of the molecule is COCn1nc(SCC(F)(F)F)cc1C1CC(C)(S(=O)(=O)c2cccc(C(F)(F)F)c2)CCO1. The van der Waals surface area contributed by atoms with Crippen molar-refractivity contribution in [1.82, 2.24) is 9.78 Å². The number of methoxy groups -OCH3 is 1. The molecule has 3 rings (SSSR count). The average Bonchev–Trinajstić information content (AvgIpc) is 3.14. The van der Waals surface area contributed by atoms with Crippen molar-refractivity contribution in [3.8, 4) is 0 Å². The monoisotopic (exact) mass is 532 g/mol. The van der Waals surface area contributed by atoms with Gasteiger partial charge in [-0.25, -0.2) is 13.1 Å². The molecule has 14 heteroatoms. The number of aromatic nitrogens is 2. The fraction of sp³-hybridized carbons (Fsp3) is 0.550. The highest BCUT2D eigenvalue weighted by atomic mass is 32.2. The van der Waals surface area contributed by atoms with Crippen LogP contribution in [0.25, 0.3) is 0 Å². The predicted molar refractivity (Wildman–Crippen MR) is 111 cm³/mol. The van der Waals surface area contributed by atoms with E-state index in [-0.39, 0.29) is 31.2 Å². The average molecular weight is 533 g/mol. The molecule has 6 nitrogen and oxygen atoms in total. The molecule has 2 atom stereocenters. The van der Waals surface area contributed by atoms with E-state index in [2.05, 4.69) is 5.10 Å². The van der Waals surface area contributed by atoms with Crippen LogP contribution in [0, 0.1) is 0 Å². The van der Waals surface area contributed by atoms with Crippen molar-refractivity contribution in [3.63, 3.8) is 0 Å². The lowest BCUT2D eigenvalue weighted by atomic mass is 9.95. The van der Waals surface area contributed by atoms with Crippen LogP contribution < -0.4 is 0 Å². The Hall–Kier alpha value is -1.77. The van der Waals surface area contributed by atoms with Crippen molar-refractivity contribution in [2.45, 2.75) is 59.6 Å². The van der Waals surface area contributed by atoms with Gasteiger partial charge in [-0.3, -0.25) is 0 Å². The molecule has 0 N–H and O–H groups in total. The van der Waals surface area contributed by atoms with Gasteiger partial charge in [-0.1, -0.05) is 17.8 Å². The lowest BCUT2D eigenvalue weighted by Crippen LogP contribution is -2.42. The molecule has 0 bridgehead atoms. The van der Waals surface area contributed by atoms with E-state index in [0.717, 1.165) is 18.2 Å². The Morgan fingerprint density at radius 3 is 2.56 bits per heavy atom. The molecule has 2 unspecified atom stereocenters. The number of ether oxygens (including phenoxy) is 2. The van der Waals surface area contributed by atoms with Crippen LogP contribution in [0.5, 0.6) is 0 Å². The standard InChI is InChI=1S/C20H22F6N2O4S2/c1-18(34(29,30)14-5-3-4-13(8-14)20(24,25)26)6-7-32-16(10-18)15-9-17(27-28(15)12-31-2)33-11-19(21,22)23/h3-5,8-9,16H,6-7,10-12H2,1-2H3. The van der Waals surface area contributed by atoms with Gasteiger partial charge in [0.2, 0.25) is 0 Å². The number of hydrogen-bond acceptors (Lipinski definition) is 6. The summed E-state index contributed by atoms with van der Waals surface area (Å²) >= 11 is 0.466. The maximum absolute atomic E-state index is 13.4. The molecule has 0 aliphatic carbocycles. The third kappa shape index (κ3) is 5.89. The molecule has 1 fully saturated rings.